The van der Waals surface area contributed by atoms with Crippen molar-refractivity contribution in [3.8, 4) is 0 Å². The van der Waals surface area contributed by atoms with Gasteiger partial charge in [0.1, 0.15) is 11.5 Å². The fourth-order valence-corrected chi connectivity index (χ4v) is 1.74. The van der Waals surface area contributed by atoms with Crippen LogP contribution in [0.2, 0.25) is 0 Å². The van der Waals surface area contributed by atoms with Crippen LogP contribution in [0.1, 0.15) is 12.5 Å². The van der Waals surface area contributed by atoms with Crippen LogP contribution < -0.4 is 5.32 Å². The second kappa shape index (κ2) is 5.64. The Morgan fingerprint density at radius 2 is 2.20 bits per heavy atom. The minimum atomic E-state index is -1.00. The van der Waals surface area contributed by atoms with Gasteiger partial charge in [0.2, 0.25) is 0 Å². The van der Waals surface area contributed by atoms with Crippen molar-refractivity contribution in [1.29, 1.82) is 0 Å². The van der Waals surface area contributed by atoms with Crippen LogP contribution in [0.5, 0.6) is 0 Å². The number of aromatic nitrogens is 2. The SMILES string of the molecule is CCn1cc(CNc2c(F)cc(F)cc2[N+](=O)[O-])cn1. The number of halogens is 2. The topological polar surface area (TPSA) is 73.0 Å². The lowest BCUT2D eigenvalue weighted by molar-refractivity contribution is -0.384. The third kappa shape index (κ3) is 2.90. The van der Waals surface area contributed by atoms with Crippen LogP contribution in [0.4, 0.5) is 20.2 Å². The van der Waals surface area contributed by atoms with E-state index >= 15 is 0 Å². The minimum absolute atomic E-state index is 0.156. The van der Waals surface area contributed by atoms with Crippen LogP contribution in [0.25, 0.3) is 0 Å². The molecule has 0 atom stereocenters. The summed E-state index contributed by atoms with van der Waals surface area (Å²) in [4.78, 5) is 9.97. The minimum Gasteiger partial charge on any atom is -0.373 e. The van der Waals surface area contributed by atoms with Crippen LogP contribution in [0.15, 0.2) is 24.5 Å². The average molecular weight is 282 g/mol. The molecule has 2 aromatic rings. The first-order chi connectivity index (χ1) is 9.51. The number of hydrogen-bond acceptors (Lipinski definition) is 4. The van der Waals surface area contributed by atoms with Gasteiger partial charge in [-0.3, -0.25) is 14.8 Å². The number of hydrogen-bond donors (Lipinski definition) is 1. The maximum Gasteiger partial charge on any atom is 0.298 e. The molecule has 0 aliphatic carbocycles. The van der Waals surface area contributed by atoms with Crippen molar-refractivity contribution in [3.05, 3.63) is 51.8 Å². The summed E-state index contributed by atoms with van der Waals surface area (Å²) in [5.41, 5.74) is -0.226. The Bertz CT molecular complexity index is 642. The third-order valence-corrected chi connectivity index (χ3v) is 2.71. The van der Waals surface area contributed by atoms with Crippen molar-refractivity contribution in [2.45, 2.75) is 20.0 Å². The summed E-state index contributed by atoms with van der Waals surface area (Å²) < 4.78 is 28.3. The zero-order valence-corrected chi connectivity index (χ0v) is 10.6. The van der Waals surface area contributed by atoms with Gasteiger partial charge < -0.3 is 5.32 Å². The van der Waals surface area contributed by atoms with Gasteiger partial charge in [-0.2, -0.15) is 5.10 Å². The Kier molecular flexibility index (Phi) is 3.92. The van der Waals surface area contributed by atoms with Crippen LogP contribution in [0, 0.1) is 21.7 Å². The normalized spacial score (nSPS) is 10.6. The molecule has 0 fully saturated rings. The number of nitro benzene ring substituents is 1. The second-order valence-corrected chi connectivity index (χ2v) is 4.10. The molecule has 0 spiro atoms. The summed E-state index contributed by atoms with van der Waals surface area (Å²) in [5.74, 6) is -1.99. The highest BCUT2D eigenvalue weighted by molar-refractivity contribution is 5.62. The Labute approximate surface area is 113 Å². The Morgan fingerprint density at radius 3 is 2.80 bits per heavy atom. The molecule has 0 bridgehead atoms. The highest BCUT2D eigenvalue weighted by Crippen LogP contribution is 2.29. The molecule has 106 valence electrons. The van der Waals surface area contributed by atoms with E-state index in [9.17, 15) is 18.9 Å². The number of aryl methyl sites for hydroxylation is 1. The van der Waals surface area contributed by atoms with E-state index in [0.717, 1.165) is 5.56 Å². The van der Waals surface area contributed by atoms with Gasteiger partial charge in [0, 0.05) is 30.9 Å². The van der Waals surface area contributed by atoms with Crippen molar-refractivity contribution in [2.75, 3.05) is 5.32 Å². The monoisotopic (exact) mass is 282 g/mol. The van der Waals surface area contributed by atoms with E-state index in [1.807, 2.05) is 6.92 Å². The first-order valence-corrected chi connectivity index (χ1v) is 5.90. The van der Waals surface area contributed by atoms with E-state index in [1.54, 1.807) is 17.1 Å². The molecule has 0 aliphatic heterocycles. The first-order valence-electron chi connectivity index (χ1n) is 5.90. The maximum absolute atomic E-state index is 13.6. The predicted octanol–water partition coefficient (Wildman–Crippen LogP) is 2.70. The highest BCUT2D eigenvalue weighted by Gasteiger charge is 2.20. The largest absolute Gasteiger partial charge is 0.373 e. The summed E-state index contributed by atoms with van der Waals surface area (Å²) in [6.45, 7) is 2.75. The molecule has 0 unspecified atom stereocenters. The maximum atomic E-state index is 13.6. The van der Waals surface area contributed by atoms with Gasteiger partial charge in [0.25, 0.3) is 5.69 Å². The summed E-state index contributed by atoms with van der Waals surface area (Å²) >= 11 is 0. The number of nitrogens with zero attached hydrogens (tertiary/aromatic N) is 3. The van der Waals surface area contributed by atoms with Gasteiger partial charge in [0.05, 0.1) is 17.2 Å². The number of anilines is 1. The zero-order chi connectivity index (χ0) is 14.7. The van der Waals surface area contributed by atoms with Crippen LogP contribution in [0.3, 0.4) is 0 Å². The smallest absolute Gasteiger partial charge is 0.298 e. The van der Waals surface area contributed by atoms with Crippen molar-refractivity contribution < 1.29 is 13.7 Å². The molecule has 1 aromatic heterocycles. The van der Waals surface area contributed by atoms with Gasteiger partial charge in [-0.05, 0) is 6.92 Å². The molecule has 20 heavy (non-hydrogen) atoms. The standard InChI is InChI=1S/C12H12F2N4O2/c1-2-17-7-8(6-16-17)5-15-12-10(14)3-9(13)4-11(12)18(19)20/h3-4,6-7,15H,2,5H2,1H3. The molecule has 0 amide bonds. The number of benzene rings is 1. The van der Waals surface area contributed by atoms with Crippen molar-refractivity contribution in [1.82, 2.24) is 9.78 Å². The fourth-order valence-electron chi connectivity index (χ4n) is 1.74. The van der Waals surface area contributed by atoms with Gasteiger partial charge in [-0.25, -0.2) is 8.78 Å². The highest BCUT2D eigenvalue weighted by atomic mass is 19.1. The molecule has 1 N–H and O–H groups in total. The molecule has 0 radical (unpaired) electrons. The molecule has 1 aromatic carbocycles. The summed E-state index contributed by atoms with van der Waals surface area (Å²) in [7, 11) is 0. The van der Waals surface area contributed by atoms with E-state index in [1.165, 1.54) is 0 Å². The molecular formula is C12H12F2N4O2. The molecule has 2 rings (SSSR count). The first kappa shape index (κ1) is 13.9. The summed E-state index contributed by atoms with van der Waals surface area (Å²) in [6.07, 6.45) is 3.31. The molecule has 6 nitrogen and oxygen atoms in total. The van der Waals surface area contributed by atoms with Crippen molar-refractivity contribution >= 4 is 11.4 Å². The number of rotatable bonds is 5. The lowest BCUT2D eigenvalue weighted by Gasteiger charge is -2.07. The van der Waals surface area contributed by atoms with Crippen LogP contribution in [-0.4, -0.2) is 14.7 Å². The Hall–Kier alpha value is -2.51. The fraction of sp³-hybridized carbons (Fsp3) is 0.250. The average Bonchev–Trinajstić information content (AvgIpc) is 2.84. The van der Waals surface area contributed by atoms with E-state index in [4.69, 9.17) is 0 Å². The Balaban J connectivity index is 2.22. The summed E-state index contributed by atoms with van der Waals surface area (Å²) in [6, 6.07) is 1.28. The van der Waals surface area contributed by atoms with Gasteiger partial charge in [-0.15, -0.1) is 0 Å². The lowest BCUT2D eigenvalue weighted by atomic mass is 10.2. The van der Waals surface area contributed by atoms with Gasteiger partial charge in [-0.1, -0.05) is 0 Å². The van der Waals surface area contributed by atoms with Crippen LogP contribution >= 0.6 is 0 Å². The molecule has 8 heteroatoms. The molecular weight excluding hydrogens is 270 g/mol. The quantitative estimate of drug-likeness (QED) is 0.676. The second-order valence-electron chi connectivity index (χ2n) is 4.10. The van der Waals surface area contributed by atoms with E-state index in [-0.39, 0.29) is 12.2 Å². The molecule has 0 saturated heterocycles. The Morgan fingerprint density at radius 1 is 1.45 bits per heavy atom. The summed E-state index contributed by atoms with van der Waals surface area (Å²) in [5, 5.41) is 17.4. The molecule has 0 aliphatic rings. The van der Waals surface area contributed by atoms with Crippen molar-refractivity contribution in [2.24, 2.45) is 0 Å². The number of nitrogens with one attached hydrogen (secondary N) is 1. The van der Waals surface area contributed by atoms with E-state index in [2.05, 4.69) is 10.4 Å². The van der Waals surface area contributed by atoms with Gasteiger partial charge >= 0.3 is 0 Å². The lowest BCUT2D eigenvalue weighted by Crippen LogP contribution is -2.05. The number of nitro groups is 1. The molecule has 1 heterocycles. The van der Waals surface area contributed by atoms with E-state index < -0.39 is 22.2 Å². The van der Waals surface area contributed by atoms with Crippen molar-refractivity contribution in [3.63, 3.8) is 0 Å². The zero-order valence-electron chi connectivity index (χ0n) is 10.6. The van der Waals surface area contributed by atoms with E-state index in [0.29, 0.717) is 18.7 Å². The van der Waals surface area contributed by atoms with Crippen LogP contribution in [-0.2, 0) is 13.1 Å². The van der Waals surface area contributed by atoms with Gasteiger partial charge in [0.15, 0.2) is 5.82 Å². The molecule has 0 saturated carbocycles. The third-order valence-electron chi connectivity index (χ3n) is 2.71. The predicted molar refractivity (Wildman–Crippen MR) is 68.2 cm³/mol.